The molecule has 0 radical (unpaired) electrons. The van der Waals surface area contributed by atoms with Gasteiger partial charge in [-0.3, -0.25) is 43.3 Å². The van der Waals surface area contributed by atoms with Crippen LogP contribution in [-0.2, 0) is 70.1 Å². The van der Waals surface area contributed by atoms with Gasteiger partial charge in [-0.1, -0.05) is 105 Å². The number of nitrogens with one attached hydrogen (secondary N) is 4. The normalized spacial score (nSPS) is 15.9. The van der Waals surface area contributed by atoms with E-state index >= 15 is 0 Å². The van der Waals surface area contributed by atoms with E-state index in [2.05, 4.69) is 37.7 Å². The maximum absolute atomic E-state index is 14.5. The van der Waals surface area contributed by atoms with Gasteiger partial charge in [-0.25, -0.2) is 9.78 Å². The van der Waals surface area contributed by atoms with Crippen LogP contribution in [0.3, 0.4) is 0 Å². The number of aliphatic carboxylic acids is 1. The monoisotopic (exact) mass is 1370 g/mol. The van der Waals surface area contributed by atoms with Crippen LogP contribution in [0.15, 0.2) is 41.9 Å². The second-order valence-corrected chi connectivity index (χ2v) is 27.3. The van der Waals surface area contributed by atoms with E-state index in [-0.39, 0.29) is 124 Å². The zero-order valence-corrected chi connectivity index (χ0v) is 60.0. The first kappa shape index (κ1) is 84.0. The number of primary amides is 1. The van der Waals surface area contributed by atoms with Crippen molar-refractivity contribution in [3.8, 4) is 0 Å². The Morgan fingerprint density at radius 3 is 2.01 bits per heavy atom. The highest BCUT2D eigenvalue weighted by molar-refractivity contribution is 7.09. The largest absolute Gasteiger partial charge is 0.481 e. The van der Waals surface area contributed by atoms with Gasteiger partial charge < -0.3 is 66.4 Å². The number of aromatic nitrogens is 1. The minimum atomic E-state index is -1.05. The average molecular weight is 1370 g/mol. The van der Waals surface area contributed by atoms with Gasteiger partial charge in [0.1, 0.15) is 16.5 Å². The molecule has 5 amide bonds. The summed E-state index contributed by atoms with van der Waals surface area (Å²) in [4.78, 5) is 129. The lowest BCUT2D eigenvalue weighted by atomic mass is 9.83. The second-order valence-electron chi connectivity index (χ2n) is 26.4. The van der Waals surface area contributed by atoms with Gasteiger partial charge >= 0.3 is 12.1 Å². The molecule has 2 aromatic rings. The number of ether oxygens (including phenoxy) is 5. The minimum Gasteiger partial charge on any atom is -0.481 e. The third-order valence-corrected chi connectivity index (χ3v) is 18.9. The van der Waals surface area contributed by atoms with Crippen molar-refractivity contribution < 1.29 is 71.9 Å². The van der Waals surface area contributed by atoms with Gasteiger partial charge in [0.15, 0.2) is 17.7 Å². The summed E-state index contributed by atoms with van der Waals surface area (Å²) in [6.07, 6.45) is 7.57. The third-order valence-electron chi connectivity index (χ3n) is 17.9. The Morgan fingerprint density at radius 2 is 1.42 bits per heavy atom. The fourth-order valence-corrected chi connectivity index (χ4v) is 12.5. The van der Waals surface area contributed by atoms with Crippen LogP contribution in [0.4, 0.5) is 4.79 Å². The molecule has 0 aliphatic carbocycles. The Hall–Kier alpha value is -6.22. The predicted octanol–water partition coefficient (Wildman–Crippen LogP) is 7.92. The molecule has 96 heavy (non-hydrogen) atoms. The number of carboxylic acids is 1. The first-order valence-corrected chi connectivity index (χ1v) is 35.7. The maximum Gasteiger partial charge on any atom is 0.407 e. The number of likely N-dealkylation sites (tertiary alicyclic amines) is 1. The van der Waals surface area contributed by atoms with Crippen LogP contribution >= 0.6 is 11.3 Å². The van der Waals surface area contributed by atoms with E-state index in [9.17, 15) is 48.3 Å². The number of hydrogen-bond acceptors (Lipinski definition) is 19. The number of Topliss-reactive ketones (excluding diaryl/α,β-unsaturated/α-hetero) is 3. The Labute approximate surface area is 574 Å². The number of nitrogens with zero attached hydrogens (tertiary/aromatic N) is 3. The van der Waals surface area contributed by atoms with Crippen molar-refractivity contribution in [3.05, 3.63) is 63.7 Å². The minimum absolute atomic E-state index is 0.0190. The number of unbranched alkanes of at least 4 members (excludes halogenated alkanes) is 3. The van der Waals surface area contributed by atoms with Crippen LogP contribution in [0.5, 0.6) is 0 Å². The van der Waals surface area contributed by atoms with Crippen LogP contribution in [0.2, 0.25) is 0 Å². The molecule has 9 atom stereocenters. The fourth-order valence-electron chi connectivity index (χ4n) is 11.7. The summed E-state index contributed by atoms with van der Waals surface area (Å²) < 4.78 is 28.3. The predicted molar refractivity (Wildman–Crippen MR) is 371 cm³/mol. The number of ketones is 3. The first-order chi connectivity index (χ1) is 45.8. The lowest BCUT2D eigenvalue weighted by Gasteiger charge is -2.37. The van der Waals surface area contributed by atoms with Crippen LogP contribution in [0.25, 0.3) is 0 Å². The van der Waals surface area contributed by atoms with Crippen LogP contribution in [-0.4, -0.2) is 191 Å². The van der Waals surface area contributed by atoms with E-state index < -0.39 is 71.8 Å². The number of thiazole rings is 1. The number of carbonyl (C=O) groups is 9. The van der Waals surface area contributed by atoms with E-state index in [1.54, 1.807) is 48.5 Å². The second kappa shape index (κ2) is 46.9. The van der Waals surface area contributed by atoms with E-state index in [1.165, 1.54) is 7.05 Å². The number of alkyl carbamates (subject to hydrolysis) is 1. The molecule has 0 bridgehead atoms. The molecule has 0 spiro atoms. The van der Waals surface area contributed by atoms with E-state index in [4.69, 9.17) is 35.2 Å². The van der Waals surface area contributed by atoms with Gasteiger partial charge in [0.25, 0.3) is 5.91 Å². The number of carbonyl (C=O) groups excluding carboxylic acids is 8. The van der Waals surface area contributed by atoms with Gasteiger partial charge in [0, 0.05) is 94.2 Å². The van der Waals surface area contributed by atoms with Crippen LogP contribution < -0.4 is 32.7 Å². The number of nitrogens with two attached hydrogens (primary N) is 2. The highest BCUT2D eigenvalue weighted by Crippen LogP contribution is 2.33. The molecule has 1 saturated heterocycles. The number of benzene rings is 1. The molecular weight excluding hydrogens is 1250 g/mol. The van der Waals surface area contributed by atoms with Gasteiger partial charge in [0.2, 0.25) is 17.7 Å². The van der Waals surface area contributed by atoms with Gasteiger partial charge in [-0.05, 0) is 107 Å². The Kier molecular flexibility index (Phi) is 41.0. The zero-order chi connectivity index (χ0) is 71.1. The summed E-state index contributed by atoms with van der Waals surface area (Å²) in [6.45, 7) is 22.4. The smallest absolute Gasteiger partial charge is 0.407 e. The SMILES string of the molecule is C=C(CCCCCN)NCCOCCOCCOCCOCCC(=O)C[C@H](C(=O)N[C@@H](CCCCC(N)=O)C(=O)Cc1ccc(C[C@@H](C[C@H](C)C(=O)O)NC(=O)c2csc([C@@H](C[C@H](C(C)C)N(C)C(=O)[C@@H](CC(=O)[C@H]3CCCCN3C)[C@@H](C)CC)OC(=O)NC)n2)cc1)C(C)C. The molecule has 0 saturated carbocycles. The van der Waals surface area contributed by atoms with Gasteiger partial charge in [0.05, 0.1) is 70.9 Å². The van der Waals surface area contributed by atoms with Crippen LogP contribution in [0.1, 0.15) is 190 Å². The summed E-state index contributed by atoms with van der Waals surface area (Å²) in [7, 11) is 5.11. The number of carboxylic acid groups (broad SMARTS) is 1. The molecule has 25 heteroatoms. The molecule has 1 aromatic heterocycles. The molecular formula is C71H117N9O15S. The highest BCUT2D eigenvalue weighted by Gasteiger charge is 2.38. The molecule has 1 aliphatic rings. The molecule has 1 fully saturated rings. The quantitative estimate of drug-likeness (QED) is 0.0309. The molecule has 1 aromatic carbocycles. The maximum atomic E-state index is 14.5. The van der Waals surface area contributed by atoms with Crippen molar-refractivity contribution in [1.82, 2.24) is 36.1 Å². The number of likely N-dealkylation sites (N-methyl/N-ethyl adjacent to an activating group) is 1. The van der Waals surface area contributed by atoms with Gasteiger partial charge in [-0.15, -0.1) is 11.3 Å². The standard InChI is InChI=1S/C71H117N9O15S/c1-12-49(6)57(44-63(83)60-22-17-19-31-79(60)10)69(87)80(11)61(48(4)5)45-64(95-71(90)74-9)68-78-59(46-96-68)67(86)76-54(40-50(7)70(88)89)41-52-24-26-53(27-25-52)42-62(82)58(21-15-16-23-65(73)84)77-66(85)56(47(2)3)43-55(81)28-32-91-34-36-93-38-39-94-37-35-92-33-30-75-51(8)20-14-13-18-29-72/h24-27,46-50,54,56-58,60-61,64,75H,8,12-23,28-45,72H2,1-7,9-11H3,(H2,73,84)(H,74,90)(H,76,86)(H,77,85)(H,88,89)/t49-,50-,54+,56-,57-,58-,60+,61+,64+/m0/s1. The average Bonchev–Trinajstić information content (AvgIpc) is 1.38. The summed E-state index contributed by atoms with van der Waals surface area (Å²) in [5, 5.41) is 23.5. The summed E-state index contributed by atoms with van der Waals surface area (Å²) in [6, 6.07) is 4.79. The van der Waals surface area contributed by atoms with Crippen molar-refractivity contribution in [2.45, 2.75) is 201 Å². The number of amides is 5. The lowest BCUT2D eigenvalue weighted by molar-refractivity contribution is -0.143. The summed E-state index contributed by atoms with van der Waals surface area (Å²) in [5.41, 5.74) is 13.3. The fraction of sp³-hybridized carbons (Fsp3) is 0.718. The van der Waals surface area contributed by atoms with E-state index in [0.29, 0.717) is 82.6 Å². The molecule has 3 rings (SSSR count). The third kappa shape index (κ3) is 32.4. The van der Waals surface area contributed by atoms with Crippen molar-refractivity contribution >= 4 is 64.4 Å². The Balaban J connectivity index is 1.63. The van der Waals surface area contributed by atoms with Crippen LogP contribution in [0, 0.1) is 35.5 Å². The topological polar surface area (TPSA) is 340 Å². The van der Waals surface area contributed by atoms with E-state index in [0.717, 1.165) is 74.1 Å². The molecule has 24 nitrogen and oxygen atoms in total. The lowest BCUT2D eigenvalue weighted by Crippen LogP contribution is -2.48. The van der Waals surface area contributed by atoms with E-state index in [1.807, 2.05) is 48.6 Å². The van der Waals surface area contributed by atoms with Crippen molar-refractivity contribution in [1.29, 1.82) is 0 Å². The molecule has 0 unspecified atom stereocenters. The number of piperidine rings is 1. The van der Waals surface area contributed by atoms with Gasteiger partial charge in [-0.2, -0.15) is 0 Å². The summed E-state index contributed by atoms with van der Waals surface area (Å²) in [5.74, 6) is -5.64. The molecule has 1 aliphatic heterocycles. The number of rotatable bonds is 53. The number of hydrogen-bond donors (Lipinski definition) is 7. The van der Waals surface area contributed by atoms with Crippen molar-refractivity contribution in [2.24, 2.45) is 47.0 Å². The molecule has 2 heterocycles. The Morgan fingerprint density at radius 1 is 0.781 bits per heavy atom. The summed E-state index contributed by atoms with van der Waals surface area (Å²) >= 11 is 1.11. The van der Waals surface area contributed by atoms with Crippen molar-refractivity contribution in [2.75, 3.05) is 93.6 Å². The number of allylic oxidation sites excluding steroid dienone is 1. The first-order valence-electron chi connectivity index (χ1n) is 34.8. The Bertz CT molecular complexity index is 2690. The highest BCUT2D eigenvalue weighted by atomic mass is 32.1. The van der Waals surface area contributed by atoms with Crippen molar-refractivity contribution in [3.63, 3.8) is 0 Å². The molecule has 542 valence electrons. The molecule has 9 N–H and O–H groups in total. The zero-order valence-electron chi connectivity index (χ0n) is 59.2.